The summed E-state index contributed by atoms with van der Waals surface area (Å²) in [5.74, 6) is 0.641. The fraction of sp³-hybridized carbons (Fsp3) is 0.636. The average Bonchev–Trinajstić information content (AvgIpc) is 3.19. The Morgan fingerprint density at radius 2 is 1.77 bits per heavy atom. The number of furan rings is 1. The Kier molecular flexibility index (Phi) is 5.74. The molecule has 4 heterocycles. The largest absolute Gasteiger partial charge is 0.523 e. The lowest BCUT2D eigenvalue weighted by Crippen LogP contribution is -2.67. The first-order chi connectivity index (χ1) is 14.7. The smallest absolute Gasteiger partial charge is 0.443 e. The normalized spacial score (nSPS) is 25.5. The van der Waals surface area contributed by atoms with Gasteiger partial charge in [-0.3, -0.25) is 4.79 Å². The number of piperidine rings is 2. The predicted octanol–water partition coefficient (Wildman–Crippen LogP) is 2.85. The minimum absolute atomic E-state index is 0.0183. The van der Waals surface area contributed by atoms with Crippen molar-refractivity contribution in [2.45, 2.75) is 52.0 Å². The van der Waals surface area contributed by atoms with Gasteiger partial charge in [-0.1, -0.05) is 0 Å². The van der Waals surface area contributed by atoms with Gasteiger partial charge in [0.25, 0.3) is 11.8 Å². The number of nitrogens with zero attached hydrogens (tertiary/aromatic N) is 3. The monoisotopic (exact) mass is 430 g/mol. The highest BCUT2D eigenvalue weighted by Crippen LogP contribution is 2.39. The second-order valence-corrected chi connectivity index (χ2v) is 9.75. The quantitative estimate of drug-likeness (QED) is 0.718. The van der Waals surface area contributed by atoms with Gasteiger partial charge < -0.3 is 20.2 Å². The lowest BCUT2D eigenvalue weighted by atomic mass is 9.77. The van der Waals surface area contributed by atoms with Crippen molar-refractivity contribution < 1.29 is 23.2 Å². The summed E-state index contributed by atoms with van der Waals surface area (Å²) in [6.45, 7) is 9.86. The summed E-state index contributed by atoms with van der Waals surface area (Å²) in [7, 11) is 0. The molecule has 2 aromatic heterocycles. The average molecular weight is 431 g/mol. The standard InChI is InChI=1S/C22H31N5O4/c1-22(2,3)27(10-6-15(7-11-27)14-4-8-24-9-5-14)21(29)31-20-18-16(25-13-26-20)12-17(30-18)19(23)28/h12-15,24H,4-11H2,1-3H3,(H-,23,28)/p+1. The van der Waals surface area contributed by atoms with Crippen LogP contribution in [0.2, 0.25) is 0 Å². The maximum absolute atomic E-state index is 13.5. The summed E-state index contributed by atoms with van der Waals surface area (Å²) in [5.41, 5.74) is 5.50. The Bertz CT molecular complexity index is 966. The molecule has 168 valence electrons. The molecule has 0 aromatic carbocycles. The van der Waals surface area contributed by atoms with Gasteiger partial charge in [-0.2, -0.15) is 9.78 Å². The summed E-state index contributed by atoms with van der Waals surface area (Å²) in [6, 6.07) is 1.43. The van der Waals surface area contributed by atoms with Gasteiger partial charge in [0.15, 0.2) is 5.76 Å². The molecule has 9 heteroatoms. The molecule has 0 bridgehead atoms. The Hall–Kier alpha value is -2.52. The van der Waals surface area contributed by atoms with E-state index in [1.807, 2.05) is 0 Å². The van der Waals surface area contributed by atoms with Crippen LogP contribution in [-0.4, -0.2) is 58.2 Å². The number of nitrogens with one attached hydrogen (secondary N) is 1. The number of nitrogens with two attached hydrogens (primary N) is 1. The third-order valence-electron chi connectivity index (χ3n) is 7.15. The number of rotatable bonds is 3. The maximum atomic E-state index is 13.5. The van der Waals surface area contributed by atoms with Crippen LogP contribution in [0.4, 0.5) is 4.79 Å². The second-order valence-electron chi connectivity index (χ2n) is 9.75. The van der Waals surface area contributed by atoms with Crippen LogP contribution in [0.5, 0.6) is 5.88 Å². The molecular weight excluding hydrogens is 398 g/mol. The van der Waals surface area contributed by atoms with Crippen molar-refractivity contribution >= 4 is 23.1 Å². The van der Waals surface area contributed by atoms with Crippen LogP contribution in [0.1, 0.15) is 57.0 Å². The van der Waals surface area contributed by atoms with Gasteiger partial charge in [0.05, 0.1) is 13.1 Å². The van der Waals surface area contributed by atoms with E-state index in [9.17, 15) is 9.59 Å². The number of likely N-dealkylation sites (tertiary alicyclic amines) is 1. The van der Waals surface area contributed by atoms with Crippen molar-refractivity contribution in [2.75, 3.05) is 26.2 Å². The molecule has 2 aromatic rings. The van der Waals surface area contributed by atoms with Crippen LogP contribution in [0, 0.1) is 11.8 Å². The zero-order valence-corrected chi connectivity index (χ0v) is 18.5. The third kappa shape index (κ3) is 4.04. The first-order valence-electron chi connectivity index (χ1n) is 11.1. The Balaban J connectivity index is 1.56. The van der Waals surface area contributed by atoms with Gasteiger partial charge in [-0.15, -0.1) is 0 Å². The number of aromatic nitrogens is 2. The molecular formula is C22H32N5O4+. The van der Waals surface area contributed by atoms with Crippen LogP contribution < -0.4 is 15.8 Å². The third-order valence-corrected chi connectivity index (χ3v) is 7.15. The van der Waals surface area contributed by atoms with E-state index in [4.69, 9.17) is 14.9 Å². The number of carbonyl (C=O) groups is 2. The van der Waals surface area contributed by atoms with Gasteiger partial charge in [0.1, 0.15) is 17.4 Å². The molecule has 0 saturated carbocycles. The number of quaternary nitrogens is 1. The first kappa shape index (κ1) is 21.7. The Morgan fingerprint density at radius 3 is 2.39 bits per heavy atom. The van der Waals surface area contributed by atoms with Crippen molar-refractivity contribution in [2.24, 2.45) is 17.6 Å². The number of fused-ring (bicyclic) bond motifs is 1. The summed E-state index contributed by atoms with van der Waals surface area (Å²) in [4.78, 5) is 33.2. The van der Waals surface area contributed by atoms with Crippen LogP contribution >= 0.6 is 0 Å². The van der Waals surface area contributed by atoms with E-state index < -0.39 is 5.91 Å². The minimum atomic E-state index is -0.714. The zero-order valence-electron chi connectivity index (χ0n) is 18.5. The highest BCUT2D eigenvalue weighted by atomic mass is 16.6. The summed E-state index contributed by atoms with van der Waals surface area (Å²) in [6.07, 6.45) is 5.36. The molecule has 0 atom stereocenters. The van der Waals surface area contributed by atoms with Crippen molar-refractivity contribution in [3.8, 4) is 5.88 Å². The highest BCUT2D eigenvalue weighted by molar-refractivity contribution is 5.95. The minimum Gasteiger partial charge on any atom is -0.443 e. The van der Waals surface area contributed by atoms with E-state index in [1.54, 1.807) is 0 Å². The van der Waals surface area contributed by atoms with Gasteiger partial charge in [-0.25, -0.2) is 9.47 Å². The van der Waals surface area contributed by atoms with E-state index in [1.165, 1.54) is 25.2 Å². The zero-order chi connectivity index (χ0) is 22.2. The topological polar surface area (TPSA) is 120 Å². The van der Waals surface area contributed by atoms with Crippen LogP contribution in [0.25, 0.3) is 11.1 Å². The Morgan fingerprint density at radius 1 is 1.13 bits per heavy atom. The van der Waals surface area contributed by atoms with Gasteiger partial charge in [-0.05, 0) is 58.5 Å². The highest BCUT2D eigenvalue weighted by Gasteiger charge is 2.52. The molecule has 2 amide bonds. The lowest BCUT2D eigenvalue weighted by molar-refractivity contribution is -0.908. The van der Waals surface area contributed by atoms with Gasteiger partial charge in [0, 0.05) is 18.9 Å². The number of hydrogen-bond acceptors (Lipinski definition) is 7. The molecule has 2 aliphatic heterocycles. The van der Waals surface area contributed by atoms with Gasteiger partial charge >= 0.3 is 6.09 Å². The van der Waals surface area contributed by atoms with Gasteiger partial charge in [0.2, 0.25) is 5.58 Å². The summed E-state index contributed by atoms with van der Waals surface area (Å²) < 4.78 is 11.5. The molecule has 2 fully saturated rings. The fourth-order valence-electron chi connectivity index (χ4n) is 5.14. The molecule has 2 saturated heterocycles. The van der Waals surface area contributed by atoms with E-state index >= 15 is 0 Å². The number of primary amides is 1. The fourth-order valence-corrected chi connectivity index (χ4v) is 5.14. The maximum Gasteiger partial charge on any atom is 0.523 e. The van der Waals surface area contributed by atoms with Crippen LogP contribution in [0.3, 0.4) is 0 Å². The molecule has 3 N–H and O–H groups in total. The first-order valence-corrected chi connectivity index (χ1v) is 11.1. The van der Waals surface area contributed by atoms with E-state index in [2.05, 4.69) is 36.1 Å². The number of amides is 2. The van der Waals surface area contributed by atoms with Crippen molar-refractivity contribution in [3.05, 3.63) is 18.2 Å². The van der Waals surface area contributed by atoms with Crippen molar-refractivity contribution in [1.29, 1.82) is 0 Å². The predicted molar refractivity (Wildman–Crippen MR) is 114 cm³/mol. The summed E-state index contributed by atoms with van der Waals surface area (Å²) in [5, 5.41) is 3.44. The van der Waals surface area contributed by atoms with Crippen LogP contribution in [-0.2, 0) is 0 Å². The number of hydrogen-bond donors (Lipinski definition) is 2. The molecule has 0 radical (unpaired) electrons. The number of ether oxygens (including phenoxy) is 1. The lowest BCUT2D eigenvalue weighted by Gasteiger charge is -2.49. The van der Waals surface area contributed by atoms with E-state index in [0.717, 1.165) is 44.9 Å². The Labute approximate surface area is 181 Å². The van der Waals surface area contributed by atoms with E-state index in [0.29, 0.717) is 11.4 Å². The molecule has 31 heavy (non-hydrogen) atoms. The molecule has 4 rings (SSSR count). The van der Waals surface area contributed by atoms with E-state index in [-0.39, 0.29) is 33.3 Å². The summed E-state index contributed by atoms with van der Waals surface area (Å²) >= 11 is 0. The van der Waals surface area contributed by atoms with Crippen molar-refractivity contribution in [3.63, 3.8) is 0 Å². The second kappa shape index (κ2) is 8.20. The van der Waals surface area contributed by atoms with Crippen LogP contribution in [0.15, 0.2) is 16.8 Å². The molecule has 0 aliphatic carbocycles. The molecule has 2 aliphatic rings. The molecule has 0 spiro atoms. The molecule has 0 unspecified atom stereocenters. The molecule has 9 nitrogen and oxygen atoms in total. The number of carbonyl (C=O) groups excluding carboxylic acids is 2. The van der Waals surface area contributed by atoms with Crippen molar-refractivity contribution in [1.82, 2.24) is 15.3 Å². The SMILES string of the molecule is CC(C)(C)[N+]1(C(=O)Oc2ncnc3cc(C(N)=O)oc23)CCC(C2CCNCC2)CC1.